The molecular weight excluding hydrogens is 801 g/mol. The Morgan fingerprint density at radius 1 is 0.152 bits per heavy atom. The highest BCUT2D eigenvalue weighted by Gasteiger charge is 2.14. The molecular formula is C62H42N4. The van der Waals surface area contributed by atoms with Crippen molar-refractivity contribution in [3.8, 4) is 112 Å². The lowest BCUT2D eigenvalue weighted by Crippen LogP contribution is -1.95. The van der Waals surface area contributed by atoms with E-state index in [1.807, 2.05) is 72.8 Å². The summed E-state index contributed by atoms with van der Waals surface area (Å²) in [6, 6.07) is 88.9. The molecule has 0 spiro atoms. The molecule has 0 N–H and O–H groups in total. The third-order valence-corrected chi connectivity index (χ3v) is 12.0. The van der Waals surface area contributed by atoms with Crippen molar-refractivity contribution in [2.75, 3.05) is 0 Å². The molecule has 0 radical (unpaired) electrons. The van der Waals surface area contributed by atoms with Gasteiger partial charge in [0, 0.05) is 33.4 Å². The minimum absolute atomic E-state index is 0.712. The lowest BCUT2D eigenvalue weighted by atomic mass is 9.95. The normalized spacial score (nSPS) is 11.0. The Kier molecular flexibility index (Phi) is 10.9. The standard InChI is InChI=1S/C62H42N4/c1-5-15-47(16-6-1)57-41-59(65-61(63-57)51-19-9-3-10-20-51)49-35-31-45(32-36-49)55-25-13-23-53(39-55)43-27-29-44(30-28-43)54-24-14-26-56(40-54)46-33-37-50(38-34-46)60-42-58(48-17-7-2-8-18-48)64-62(66-60)52-21-11-4-12-22-52/h1-42H. The van der Waals surface area contributed by atoms with Gasteiger partial charge >= 0.3 is 0 Å². The summed E-state index contributed by atoms with van der Waals surface area (Å²) in [5.41, 5.74) is 19.1. The third-order valence-electron chi connectivity index (χ3n) is 12.0. The van der Waals surface area contributed by atoms with Gasteiger partial charge in [0.15, 0.2) is 11.6 Å². The van der Waals surface area contributed by atoms with Crippen molar-refractivity contribution in [3.63, 3.8) is 0 Å². The maximum absolute atomic E-state index is 5.02. The topological polar surface area (TPSA) is 51.6 Å². The van der Waals surface area contributed by atoms with Crippen LogP contribution in [0.3, 0.4) is 0 Å². The first kappa shape index (κ1) is 40.0. The molecule has 0 fully saturated rings. The Labute approximate surface area is 385 Å². The van der Waals surface area contributed by atoms with Gasteiger partial charge in [-0.3, -0.25) is 0 Å². The van der Waals surface area contributed by atoms with E-state index in [4.69, 9.17) is 19.9 Å². The van der Waals surface area contributed by atoms with E-state index in [9.17, 15) is 0 Å². The zero-order valence-electron chi connectivity index (χ0n) is 36.0. The van der Waals surface area contributed by atoms with Gasteiger partial charge in [-0.25, -0.2) is 19.9 Å². The highest BCUT2D eigenvalue weighted by molar-refractivity contribution is 5.80. The summed E-state index contributed by atoms with van der Waals surface area (Å²) >= 11 is 0. The fourth-order valence-corrected chi connectivity index (χ4v) is 8.42. The summed E-state index contributed by atoms with van der Waals surface area (Å²) in [7, 11) is 0. The minimum Gasteiger partial charge on any atom is -0.228 e. The van der Waals surface area contributed by atoms with Crippen LogP contribution in [0.1, 0.15) is 0 Å². The summed E-state index contributed by atoms with van der Waals surface area (Å²) in [6.45, 7) is 0. The van der Waals surface area contributed by atoms with Gasteiger partial charge in [-0.15, -0.1) is 0 Å². The summed E-state index contributed by atoms with van der Waals surface area (Å²) in [6.07, 6.45) is 0. The van der Waals surface area contributed by atoms with E-state index >= 15 is 0 Å². The summed E-state index contributed by atoms with van der Waals surface area (Å²) in [5, 5.41) is 0. The average Bonchev–Trinajstić information content (AvgIpc) is 3.42. The Morgan fingerprint density at radius 3 is 0.636 bits per heavy atom. The Bertz CT molecular complexity index is 3060. The molecule has 2 heterocycles. The van der Waals surface area contributed by atoms with E-state index in [-0.39, 0.29) is 0 Å². The van der Waals surface area contributed by atoms with E-state index in [0.29, 0.717) is 11.6 Å². The molecule has 0 amide bonds. The van der Waals surface area contributed by atoms with Crippen LogP contribution in [0.4, 0.5) is 0 Å². The van der Waals surface area contributed by atoms with Crippen molar-refractivity contribution in [2.45, 2.75) is 0 Å². The second-order valence-electron chi connectivity index (χ2n) is 16.3. The molecule has 4 heteroatoms. The molecule has 11 rings (SSSR count). The number of hydrogen-bond acceptors (Lipinski definition) is 4. The number of nitrogens with zero attached hydrogens (tertiary/aromatic N) is 4. The first-order valence-corrected chi connectivity index (χ1v) is 22.2. The van der Waals surface area contributed by atoms with E-state index < -0.39 is 0 Å². The molecule has 0 saturated carbocycles. The van der Waals surface area contributed by atoms with Crippen molar-refractivity contribution < 1.29 is 0 Å². The van der Waals surface area contributed by atoms with Gasteiger partial charge in [-0.2, -0.15) is 0 Å². The van der Waals surface area contributed by atoms with Crippen LogP contribution in [0, 0.1) is 0 Å². The number of aromatic nitrogens is 4. The highest BCUT2D eigenvalue weighted by Crippen LogP contribution is 2.34. The molecule has 0 aliphatic rings. The quantitative estimate of drug-likeness (QED) is 0.138. The predicted molar refractivity (Wildman–Crippen MR) is 272 cm³/mol. The van der Waals surface area contributed by atoms with E-state index in [2.05, 4.69) is 182 Å². The Hall–Kier alpha value is -8.86. The number of hydrogen-bond donors (Lipinski definition) is 0. The van der Waals surface area contributed by atoms with Gasteiger partial charge in [-0.05, 0) is 68.8 Å². The van der Waals surface area contributed by atoms with Gasteiger partial charge in [0.25, 0.3) is 0 Å². The summed E-state index contributed by atoms with van der Waals surface area (Å²) in [4.78, 5) is 20.0. The lowest BCUT2D eigenvalue weighted by Gasteiger charge is -2.11. The first-order valence-electron chi connectivity index (χ1n) is 22.2. The molecule has 0 unspecified atom stereocenters. The maximum atomic E-state index is 5.02. The third kappa shape index (κ3) is 8.59. The van der Waals surface area contributed by atoms with Gasteiger partial charge < -0.3 is 0 Å². The van der Waals surface area contributed by atoms with Gasteiger partial charge in [0.2, 0.25) is 0 Å². The van der Waals surface area contributed by atoms with E-state index in [1.165, 1.54) is 22.3 Å². The van der Waals surface area contributed by atoms with Crippen molar-refractivity contribution in [2.24, 2.45) is 0 Å². The van der Waals surface area contributed by atoms with Crippen LogP contribution in [0.25, 0.3) is 112 Å². The molecule has 66 heavy (non-hydrogen) atoms. The molecule has 0 bridgehead atoms. The van der Waals surface area contributed by atoms with Crippen molar-refractivity contribution >= 4 is 0 Å². The smallest absolute Gasteiger partial charge is 0.160 e. The van der Waals surface area contributed by atoms with Gasteiger partial charge in [-0.1, -0.05) is 231 Å². The van der Waals surface area contributed by atoms with Gasteiger partial charge in [0.05, 0.1) is 22.8 Å². The minimum atomic E-state index is 0.712. The second kappa shape index (κ2) is 18.1. The average molecular weight is 843 g/mol. The molecule has 310 valence electrons. The van der Waals surface area contributed by atoms with Crippen LogP contribution in [0.5, 0.6) is 0 Å². The van der Waals surface area contributed by atoms with Crippen LogP contribution >= 0.6 is 0 Å². The molecule has 4 nitrogen and oxygen atoms in total. The van der Waals surface area contributed by atoms with Crippen molar-refractivity contribution in [1.29, 1.82) is 0 Å². The van der Waals surface area contributed by atoms with Crippen LogP contribution in [-0.4, -0.2) is 19.9 Å². The SMILES string of the molecule is c1ccc(-c2cc(-c3ccc(-c4cccc(-c5ccc(-c6cccc(-c7ccc(-c8cc(-c9ccccc9)nc(-c9ccccc9)n8)cc7)c6)cc5)c4)cc3)nc(-c3ccccc3)n2)cc1. The zero-order valence-corrected chi connectivity index (χ0v) is 36.0. The molecule has 11 aromatic rings. The number of benzene rings is 9. The van der Waals surface area contributed by atoms with Crippen LogP contribution in [-0.2, 0) is 0 Å². The van der Waals surface area contributed by atoms with Crippen LogP contribution < -0.4 is 0 Å². The monoisotopic (exact) mass is 842 g/mol. The molecule has 0 saturated heterocycles. The van der Waals surface area contributed by atoms with Crippen LogP contribution in [0.2, 0.25) is 0 Å². The largest absolute Gasteiger partial charge is 0.228 e. The second-order valence-corrected chi connectivity index (χ2v) is 16.3. The summed E-state index contributed by atoms with van der Waals surface area (Å²) in [5.74, 6) is 1.42. The van der Waals surface area contributed by atoms with Gasteiger partial charge in [0.1, 0.15) is 0 Å². The Morgan fingerprint density at radius 2 is 0.364 bits per heavy atom. The fourth-order valence-electron chi connectivity index (χ4n) is 8.42. The number of rotatable bonds is 10. The van der Waals surface area contributed by atoms with E-state index in [1.54, 1.807) is 0 Å². The Balaban J connectivity index is 0.819. The summed E-state index contributed by atoms with van der Waals surface area (Å²) < 4.78 is 0. The highest BCUT2D eigenvalue weighted by atomic mass is 14.9. The van der Waals surface area contributed by atoms with Crippen molar-refractivity contribution in [1.82, 2.24) is 19.9 Å². The molecule has 0 aliphatic carbocycles. The fraction of sp³-hybridized carbons (Fsp3) is 0. The lowest BCUT2D eigenvalue weighted by molar-refractivity contribution is 1.18. The zero-order chi connectivity index (χ0) is 44.1. The first-order chi connectivity index (χ1) is 32.7. The molecule has 2 aromatic heterocycles. The maximum Gasteiger partial charge on any atom is 0.160 e. The predicted octanol–water partition coefficient (Wildman–Crippen LogP) is 15.9. The molecule has 9 aromatic carbocycles. The van der Waals surface area contributed by atoms with Crippen molar-refractivity contribution in [3.05, 3.63) is 255 Å². The molecule has 0 aliphatic heterocycles. The van der Waals surface area contributed by atoms with E-state index in [0.717, 1.165) is 78.4 Å². The molecule has 0 atom stereocenters. The van der Waals surface area contributed by atoms with Crippen LogP contribution in [0.15, 0.2) is 255 Å².